The van der Waals surface area contributed by atoms with Crippen LogP contribution < -0.4 is 10.6 Å². The Morgan fingerprint density at radius 2 is 1.67 bits per heavy atom. The van der Waals surface area contributed by atoms with Crippen LogP contribution in [0.1, 0.15) is 48.9 Å². The van der Waals surface area contributed by atoms with E-state index >= 15 is 0 Å². The van der Waals surface area contributed by atoms with Crippen molar-refractivity contribution in [3.8, 4) is 0 Å². The van der Waals surface area contributed by atoms with E-state index in [0.717, 1.165) is 57.5 Å². The molecule has 150 valence electrons. The van der Waals surface area contributed by atoms with Gasteiger partial charge in [-0.25, -0.2) is 0 Å². The summed E-state index contributed by atoms with van der Waals surface area (Å²) in [5.41, 5.74) is 0.761. The van der Waals surface area contributed by atoms with Gasteiger partial charge in [-0.3, -0.25) is 9.59 Å². The number of hydrogen-bond donors (Lipinski definition) is 2. The molecule has 2 heterocycles. The Bertz CT molecular complexity index is 582. The molecule has 0 spiro atoms. The van der Waals surface area contributed by atoms with Crippen molar-refractivity contribution < 1.29 is 9.59 Å². The molecule has 6 heteroatoms. The van der Waals surface area contributed by atoms with E-state index in [1.165, 1.54) is 12.8 Å². The smallest absolute Gasteiger partial charge is 0.253 e. The molecule has 2 amide bonds. The zero-order valence-corrected chi connectivity index (χ0v) is 16.8. The number of amides is 2. The number of carbonyl (C=O) groups is 2. The van der Waals surface area contributed by atoms with Crippen molar-refractivity contribution in [1.82, 2.24) is 15.5 Å². The monoisotopic (exact) mass is 393 g/mol. The minimum atomic E-state index is 0. The van der Waals surface area contributed by atoms with E-state index in [1.807, 2.05) is 35.2 Å². The molecule has 0 atom stereocenters. The Labute approximate surface area is 168 Å². The summed E-state index contributed by atoms with van der Waals surface area (Å²) in [6.07, 6.45) is 5.98. The highest BCUT2D eigenvalue weighted by molar-refractivity contribution is 5.94. The number of piperidine rings is 2. The molecule has 0 radical (unpaired) electrons. The maximum atomic E-state index is 12.5. The Kier molecular flexibility index (Phi) is 9.08. The van der Waals surface area contributed by atoms with E-state index in [0.29, 0.717) is 18.3 Å². The fourth-order valence-corrected chi connectivity index (χ4v) is 3.96. The lowest BCUT2D eigenvalue weighted by molar-refractivity contribution is -0.121. The molecule has 5 nitrogen and oxygen atoms in total. The van der Waals surface area contributed by atoms with Gasteiger partial charge < -0.3 is 15.5 Å². The summed E-state index contributed by atoms with van der Waals surface area (Å²) in [5.74, 6) is 1.49. The lowest BCUT2D eigenvalue weighted by atomic mass is 9.93. The third kappa shape index (κ3) is 6.82. The molecule has 1 aromatic carbocycles. The van der Waals surface area contributed by atoms with Gasteiger partial charge in [0.2, 0.25) is 5.91 Å². The number of hydrogen-bond acceptors (Lipinski definition) is 3. The van der Waals surface area contributed by atoms with Gasteiger partial charge in [0.1, 0.15) is 0 Å². The number of benzene rings is 1. The van der Waals surface area contributed by atoms with Crippen LogP contribution in [0, 0.1) is 11.8 Å². The molecule has 0 saturated carbocycles. The van der Waals surface area contributed by atoms with Crippen LogP contribution in [0.25, 0.3) is 0 Å². The zero-order chi connectivity index (χ0) is 18.2. The van der Waals surface area contributed by atoms with Gasteiger partial charge in [-0.15, -0.1) is 12.4 Å². The first-order valence-corrected chi connectivity index (χ1v) is 10.0. The van der Waals surface area contributed by atoms with Crippen molar-refractivity contribution >= 4 is 24.2 Å². The maximum Gasteiger partial charge on any atom is 0.253 e. The van der Waals surface area contributed by atoms with Gasteiger partial charge in [-0.2, -0.15) is 0 Å². The predicted molar refractivity (Wildman–Crippen MR) is 110 cm³/mol. The van der Waals surface area contributed by atoms with E-state index in [2.05, 4.69) is 10.6 Å². The highest BCUT2D eigenvalue weighted by atomic mass is 35.5. The van der Waals surface area contributed by atoms with Crippen LogP contribution >= 0.6 is 12.4 Å². The summed E-state index contributed by atoms with van der Waals surface area (Å²) < 4.78 is 0. The van der Waals surface area contributed by atoms with Crippen LogP contribution in [0.2, 0.25) is 0 Å². The first-order chi connectivity index (χ1) is 12.7. The second kappa shape index (κ2) is 11.3. The maximum absolute atomic E-state index is 12.5. The van der Waals surface area contributed by atoms with Gasteiger partial charge in [-0.1, -0.05) is 18.2 Å². The molecule has 1 aromatic rings. The summed E-state index contributed by atoms with van der Waals surface area (Å²) in [6, 6.07) is 9.48. The van der Waals surface area contributed by atoms with Gasteiger partial charge in [0.05, 0.1) is 0 Å². The molecule has 0 aromatic heterocycles. The number of nitrogens with one attached hydrogen (secondary N) is 2. The van der Waals surface area contributed by atoms with E-state index in [9.17, 15) is 9.59 Å². The van der Waals surface area contributed by atoms with Gasteiger partial charge in [0.15, 0.2) is 0 Å². The van der Waals surface area contributed by atoms with Gasteiger partial charge in [-0.05, 0) is 69.2 Å². The number of halogens is 1. The van der Waals surface area contributed by atoms with Crippen LogP contribution in [0.5, 0.6) is 0 Å². The van der Waals surface area contributed by atoms with Crippen LogP contribution in [-0.2, 0) is 4.79 Å². The standard InChI is InChI=1S/C21H31N3O2.ClH/c25-20(7-6-17-8-12-22-13-9-17)23-16-18-10-14-24(15-11-18)21(26)19-4-2-1-3-5-19;/h1-5,17-18,22H,6-16H2,(H,23,25);1H. The molecule has 0 aliphatic carbocycles. The summed E-state index contributed by atoms with van der Waals surface area (Å²) >= 11 is 0. The van der Waals surface area contributed by atoms with Crippen LogP contribution in [0.4, 0.5) is 0 Å². The van der Waals surface area contributed by atoms with E-state index < -0.39 is 0 Å². The lowest BCUT2D eigenvalue weighted by Crippen LogP contribution is -2.41. The third-order valence-corrected chi connectivity index (χ3v) is 5.75. The van der Waals surface area contributed by atoms with Gasteiger partial charge in [0, 0.05) is 31.6 Å². The average molecular weight is 394 g/mol. The lowest BCUT2D eigenvalue weighted by Gasteiger charge is -2.32. The van der Waals surface area contributed by atoms with Gasteiger partial charge >= 0.3 is 0 Å². The molecule has 2 N–H and O–H groups in total. The Morgan fingerprint density at radius 3 is 2.33 bits per heavy atom. The average Bonchev–Trinajstić information content (AvgIpc) is 2.72. The zero-order valence-electron chi connectivity index (χ0n) is 16.0. The molecule has 2 aliphatic heterocycles. The number of carbonyl (C=O) groups excluding carboxylic acids is 2. The minimum Gasteiger partial charge on any atom is -0.356 e. The molecule has 2 fully saturated rings. The van der Waals surface area contributed by atoms with Crippen molar-refractivity contribution in [2.24, 2.45) is 11.8 Å². The second-order valence-corrected chi connectivity index (χ2v) is 7.64. The van der Waals surface area contributed by atoms with Crippen molar-refractivity contribution in [1.29, 1.82) is 0 Å². The Hall–Kier alpha value is -1.59. The van der Waals surface area contributed by atoms with Crippen molar-refractivity contribution in [3.63, 3.8) is 0 Å². The first kappa shape index (κ1) is 21.7. The fraction of sp³-hybridized carbons (Fsp3) is 0.619. The fourth-order valence-electron chi connectivity index (χ4n) is 3.96. The van der Waals surface area contributed by atoms with E-state index in [4.69, 9.17) is 0 Å². The van der Waals surface area contributed by atoms with Crippen LogP contribution in [-0.4, -0.2) is 49.4 Å². The van der Waals surface area contributed by atoms with Crippen molar-refractivity contribution in [3.05, 3.63) is 35.9 Å². The SMILES string of the molecule is Cl.O=C(CCC1CCNCC1)NCC1CCN(C(=O)c2ccccc2)CC1. The van der Waals surface area contributed by atoms with E-state index in [-0.39, 0.29) is 24.2 Å². The summed E-state index contributed by atoms with van der Waals surface area (Å²) in [7, 11) is 0. The van der Waals surface area contributed by atoms with Crippen molar-refractivity contribution in [2.75, 3.05) is 32.7 Å². The molecule has 2 aliphatic rings. The molecule has 3 rings (SSSR count). The Balaban J connectivity index is 0.00000261. The summed E-state index contributed by atoms with van der Waals surface area (Å²) in [5, 5.41) is 6.47. The molecular weight excluding hydrogens is 362 g/mol. The molecule has 27 heavy (non-hydrogen) atoms. The van der Waals surface area contributed by atoms with Gasteiger partial charge in [0.25, 0.3) is 5.91 Å². The van der Waals surface area contributed by atoms with Crippen LogP contribution in [0.15, 0.2) is 30.3 Å². The highest BCUT2D eigenvalue weighted by Crippen LogP contribution is 2.20. The van der Waals surface area contributed by atoms with Crippen molar-refractivity contribution in [2.45, 2.75) is 38.5 Å². The predicted octanol–water partition coefficient (Wildman–Crippen LogP) is 2.86. The third-order valence-electron chi connectivity index (χ3n) is 5.75. The summed E-state index contributed by atoms with van der Waals surface area (Å²) in [4.78, 5) is 26.5. The van der Waals surface area contributed by atoms with Crippen LogP contribution in [0.3, 0.4) is 0 Å². The Morgan fingerprint density at radius 1 is 1.00 bits per heavy atom. The molecule has 0 unspecified atom stereocenters. The molecule has 0 bridgehead atoms. The molecular formula is C21H32ClN3O2. The highest BCUT2D eigenvalue weighted by Gasteiger charge is 2.24. The quantitative estimate of drug-likeness (QED) is 0.781. The number of rotatable bonds is 6. The molecule has 2 saturated heterocycles. The topological polar surface area (TPSA) is 61.4 Å². The largest absolute Gasteiger partial charge is 0.356 e. The normalized spacial score (nSPS) is 18.6. The number of nitrogens with zero attached hydrogens (tertiary/aromatic N) is 1. The number of likely N-dealkylation sites (tertiary alicyclic amines) is 1. The van der Waals surface area contributed by atoms with E-state index in [1.54, 1.807) is 0 Å². The minimum absolute atomic E-state index is 0. The first-order valence-electron chi connectivity index (χ1n) is 10.0. The summed E-state index contributed by atoms with van der Waals surface area (Å²) in [6.45, 7) is 4.49. The second-order valence-electron chi connectivity index (χ2n) is 7.64.